The summed E-state index contributed by atoms with van der Waals surface area (Å²) >= 11 is 4.83. The summed E-state index contributed by atoms with van der Waals surface area (Å²) in [6, 6.07) is 0. The van der Waals surface area contributed by atoms with Crippen LogP contribution in [0.3, 0.4) is 0 Å². The minimum atomic E-state index is 0.281. The maximum absolute atomic E-state index is 9.26. The monoisotopic (exact) mass is 197 g/mol. The van der Waals surface area contributed by atoms with Gasteiger partial charge in [0, 0.05) is 6.42 Å². The van der Waals surface area contributed by atoms with E-state index >= 15 is 0 Å². The first kappa shape index (κ1) is 11.9. The number of rotatable bonds is 4. The van der Waals surface area contributed by atoms with Gasteiger partial charge in [-0.25, -0.2) is 0 Å². The van der Waals surface area contributed by atoms with Crippen molar-refractivity contribution in [3.63, 3.8) is 0 Å². The van der Waals surface area contributed by atoms with Crippen molar-refractivity contribution in [3.05, 3.63) is 35.6 Å². The average molecular weight is 197 g/mol. The molecule has 0 aromatic heterocycles. The van der Waals surface area contributed by atoms with E-state index in [1.807, 2.05) is 25.2 Å². The molecule has 0 amide bonds. The fourth-order valence-corrected chi connectivity index (χ4v) is 0.878. The van der Waals surface area contributed by atoms with E-state index in [2.05, 4.69) is 0 Å². The van der Waals surface area contributed by atoms with E-state index in [1.54, 1.807) is 13.0 Å². The molecule has 0 heterocycles. The van der Waals surface area contributed by atoms with Crippen molar-refractivity contribution in [1.82, 2.24) is 0 Å². The molecule has 0 radical (unpaired) electrons. The zero-order valence-corrected chi connectivity index (χ0v) is 8.77. The second-order valence-corrected chi connectivity index (χ2v) is 2.98. The van der Waals surface area contributed by atoms with Crippen molar-refractivity contribution in [1.29, 1.82) is 0 Å². The molecule has 13 heavy (non-hydrogen) atoms. The van der Waals surface area contributed by atoms with E-state index in [0.717, 1.165) is 5.57 Å². The van der Waals surface area contributed by atoms with E-state index in [-0.39, 0.29) is 5.76 Å². The van der Waals surface area contributed by atoms with Gasteiger partial charge in [-0.15, -0.1) is 0 Å². The fraction of sp³-hybridized carbons (Fsp3) is 0.300. The largest absolute Gasteiger partial charge is 0.512 e. The van der Waals surface area contributed by atoms with Crippen LogP contribution in [-0.4, -0.2) is 10.1 Å². The van der Waals surface area contributed by atoms with Crippen LogP contribution in [0, 0.1) is 0 Å². The fourth-order valence-electron chi connectivity index (χ4n) is 0.738. The Balaban J connectivity index is 4.54. The molecular weight excluding hydrogens is 182 g/mol. The second kappa shape index (κ2) is 6.43. The summed E-state index contributed by atoms with van der Waals surface area (Å²) in [7, 11) is 0. The zero-order valence-electron chi connectivity index (χ0n) is 7.95. The standard InChI is InChI=1S/C10H15NOS/c1-3-5-6-8(10(11)13)7-9(12)4-2/h3-6,12H,7H2,1-2H3,(H2,11,13)/b5-3-,8-6+,9-4+. The van der Waals surface area contributed by atoms with Gasteiger partial charge in [0.15, 0.2) is 0 Å². The van der Waals surface area contributed by atoms with Crippen LogP contribution in [0.1, 0.15) is 20.3 Å². The zero-order chi connectivity index (χ0) is 10.3. The predicted octanol–water partition coefficient (Wildman–Crippen LogP) is 2.63. The van der Waals surface area contributed by atoms with Crippen molar-refractivity contribution < 1.29 is 5.11 Å². The van der Waals surface area contributed by atoms with E-state index in [0.29, 0.717) is 11.4 Å². The number of nitrogens with two attached hydrogens (primary N) is 1. The predicted molar refractivity (Wildman–Crippen MR) is 60.7 cm³/mol. The Labute approximate surface area is 84.4 Å². The van der Waals surface area contributed by atoms with Crippen LogP contribution in [0.25, 0.3) is 0 Å². The van der Waals surface area contributed by atoms with Gasteiger partial charge in [0.1, 0.15) is 0 Å². The second-order valence-electron chi connectivity index (χ2n) is 2.54. The number of aliphatic hydroxyl groups is 1. The summed E-state index contributed by atoms with van der Waals surface area (Å²) < 4.78 is 0. The van der Waals surface area contributed by atoms with Gasteiger partial charge in [0.05, 0.1) is 10.7 Å². The highest BCUT2D eigenvalue weighted by molar-refractivity contribution is 7.80. The van der Waals surface area contributed by atoms with E-state index in [9.17, 15) is 5.11 Å². The van der Waals surface area contributed by atoms with Gasteiger partial charge >= 0.3 is 0 Å². The molecule has 0 aliphatic carbocycles. The summed E-state index contributed by atoms with van der Waals surface area (Å²) in [4.78, 5) is 0.325. The third-order valence-electron chi connectivity index (χ3n) is 1.51. The molecule has 0 bridgehead atoms. The van der Waals surface area contributed by atoms with Crippen molar-refractivity contribution in [3.8, 4) is 0 Å². The number of hydrogen-bond acceptors (Lipinski definition) is 2. The lowest BCUT2D eigenvalue weighted by atomic mass is 10.1. The molecule has 0 aliphatic rings. The Morgan fingerprint density at radius 3 is 2.46 bits per heavy atom. The molecule has 0 spiro atoms. The van der Waals surface area contributed by atoms with Crippen molar-refractivity contribution >= 4 is 17.2 Å². The highest BCUT2D eigenvalue weighted by atomic mass is 32.1. The normalized spacial score (nSPS) is 13.7. The molecule has 0 aromatic rings. The summed E-state index contributed by atoms with van der Waals surface area (Å²) in [6.07, 6.45) is 7.56. The van der Waals surface area contributed by atoms with Gasteiger partial charge in [0.25, 0.3) is 0 Å². The lowest BCUT2D eigenvalue weighted by Gasteiger charge is -2.03. The summed E-state index contributed by atoms with van der Waals surface area (Å²) in [5.74, 6) is 0.281. The van der Waals surface area contributed by atoms with Gasteiger partial charge in [0.2, 0.25) is 0 Å². The number of aliphatic hydroxyl groups excluding tert-OH is 1. The topological polar surface area (TPSA) is 46.2 Å². The smallest absolute Gasteiger partial charge is 0.0998 e. The Bertz CT molecular complexity index is 264. The average Bonchev–Trinajstić information content (AvgIpc) is 2.11. The molecule has 0 aliphatic heterocycles. The van der Waals surface area contributed by atoms with Gasteiger partial charge < -0.3 is 10.8 Å². The van der Waals surface area contributed by atoms with Crippen LogP contribution >= 0.6 is 12.2 Å². The van der Waals surface area contributed by atoms with Crippen molar-refractivity contribution in [2.24, 2.45) is 5.73 Å². The molecule has 2 nitrogen and oxygen atoms in total. The Kier molecular flexibility index (Phi) is 5.89. The maximum atomic E-state index is 9.26. The minimum absolute atomic E-state index is 0.281. The van der Waals surface area contributed by atoms with Crippen LogP contribution in [0.15, 0.2) is 35.6 Å². The third-order valence-corrected chi connectivity index (χ3v) is 1.77. The molecule has 72 valence electrons. The van der Waals surface area contributed by atoms with E-state index < -0.39 is 0 Å². The molecule has 0 fully saturated rings. The number of allylic oxidation sites excluding steroid dienone is 5. The summed E-state index contributed by atoms with van der Waals surface area (Å²) in [5.41, 5.74) is 6.24. The third kappa shape index (κ3) is 5.20. The van der Waals surface area contributed by atoms with Crippen LogP contribution < -0.4 is 5.73 Å². The van der Waals surface area contributed by atoms with Crippen LogP contribution in [0.2, 0.25) is 0 Å². The molecule has 0 rings (SSSR count). The highest BCUT2D eigenvalue weighted by Gasteiger charge is 2.01. The molecule has 0 unspecified atom stereocenters. The summed E-state index contributed by atoms with van der Waals surface area (Å²) in [5, 5.41) is 9.26. The van der Waals surface area contributed by atoms with E-state index in [4.69, 9.17) is 18.0 Å². The SMILES string of the molecule is C/C=C\C=C(/C/C(O)=C\C)C(N)=S. The first-order valence-electron chi connectivity index (χ1n) is 4.07. The summed E-state index contributed by atoms with van der Waals surface area (Å²) in [6.45, 7) is 3.67. The maximum Gasteiger partial charge on any atom is 0.0998 e. The Morgan fingerprint density at radius 2 is 2.08 bits per heavy atom. The quantitative estimate of drug-likeness (QED) is 0.315. The van der Waals surface area contributed by atoms with Gasteiger partial charge in [-0.1, -0.05) is 30.4 Å². The number of hydrogen-bond donors (Lipinski definition) is 2. The van der Waals surface area contributed by atoms with Crippen LogP contribution in [0.5, 0.6) is 0 Å². The molecule has 3 N–H and O–H groups in total. The van der Waals surface area contributed by atoms with Crippen LogP contribution in [-0.2, 0) is 0 Å². The highest BCUT2D eigenvalue weighted by Crippen LogP contribution is 2.09. The molecule has 0 saturated carbocycles. The van der Waals surface area contributed by atoms with Crippen molar-refractivity contribution in [2.75, 3.05) is 0 Å². The lowest BCUT2D eigenvalue weighted by molar-refractivity contribution is 0.398. The molecule has 0 atom stereocenters. The Morgan fingerprint density at radius 1 is 1.46 bits per heavy atom. The van der Waals surface area contributed by atoms with Crippen LogP contribution in [0.4, 0.5) is 0 Å². The first-order chi connectivity index (χ1) is 6.11. The molecular formula is C10H15NOS. The van der Waals surface area contributed by atoms with Gasteiger partial charge in [-0.3, -0.25) is 0 Å². The molecule has 0 aromatic carbocycles. The lowest BCUT2D eigenvalue weighted by Crippen LogP contribution is -2.11. The number of thiocarbonyl (C=S) groups is 1. The van der Waals surface area contributed by atoms with Gasteiger partial charge in [-0.05, 0) is 25.5 Å². The first-order valence-corrected chi connectivity index (χ1v) is 4.48. The van der Waals surface area contributed by atoms with Crippen molar-refractivity contribution in [2.45, 2.75) is 20.3 Å². The molecule has 0 saturated heterocycles. The minimum Gasteiger partial charge on any atom is -0.512 e. The van der Waals surface area contributed by atoms with E-state index in [1.165, 1.54) is 0 Å². The Hall–Kier alpha value is -1.09. The van der Waals surface area contributed by atoms with Gasteiger partial charge in [-0.2, -0.15) is 0 Å². The molecule has 3 heteroatoms.